The minimum Gasteiger partial charge on any atom is -0.504 e. The van der Waals surface area contributed by atoms with Gasteiger partial charge in [0.05, 0.1) is 0 Å². The third-order valence-corrected chi connectivity index (χ3v) is 13.3. The molecular weight excluding hydrogens is 470 g/mol. The number of carbonyl (C=O) groups is 1. The van der Waals surface area contributed by atoms with Gasteiger partial charge in [-0.2, -0.15) is 0 Å². The van der Waals surface area contributed by atoms with E-state index in [0.717, 1.165) is 63.6 Å². The van der Waals surface area contributed by atoms with Crippen LogP contribution in [0.4, 0.5) is 0 Å². The number of allylic oxidation sites excluding steroid dienone is 2. The molecule has 208 valence electrons. The van der Waals surface area contributed by atoms with Gasteiger partial charge in [-0.05, 0) is 116 Å². The van der Waals surface area contributed by atoms with Crippen molar-refractivity contribution in [2.75, 3.05) is 13.1 Å². The molecular formula is C34H49NO3. The smallest absolute Gasteiger partial charge is 0.228 e. The lowest BCUT2D eigenvalue weighted by molar-refractivity contribution is -0.172. The number of phenolic OH excluding ortho intramolecular Hbond substituents is 2. The van der Waals surface area contributed by atoms with Crippen molar-refractivity contribution in [2.24, 2.45) is 27.6 Å². The lowest BCUT2D eigenvalue weighted by Gasteiger charge is -2.70. The molecule has 1 heterocycles. The average Bonchev–Trinajstić information content (AvgIpc) is 3.41. The van der Waals surface area contributed by atoms with Crippen molar-refractivity contribution in [3.8, 4) is 11.5 Å². The number of amides is 1. The minimum atomic E-state index is -0.252. The predicted molar refractivity (Wildman–Crippen MR) is 152 cm³/mol. The molecule has 2 N–H and O–H groups in total. The Kier molecular flexibility index (Phi) is 5.56. The second-order valence-electron chi connectivity index (χ2n) is 15.3. The SMILES string of the molecule is Cc1c(O)c(O)cc2c1C(C)C=C1[C@@]2(C)CC[C@@]2(C)[C@@H]3C[C@](C)(C(=O)N4CCCC4)CC[C@]3(C)CC[C@]12C. The highest BCUT2D eigenvalue weighted by Gasteiger charge is 2.67. The number of rotatable bonds is 1. The topological polar surface area (TPSA) is 60.8 Å². The van der Waals surface area contributed by atoms with Crippen LogP contribution in [0.5, 0.6) is 11.5 Å². The van der Waals surface area contributed by atoms with Crippen LogP contribution in [0.15, 0.2) is 17.7 Å². The van der Waals surface area contributed by atoms with E-state index >= 15 is 0 Å². The molecule has 4 fully saturated rings. The van der Waals surface area contributed by atoms with Crippen LogP contribution < -0.4 is 0 Å². The fourth-order valence-corrected chi connectivity index (χ4v) is 10.5. The van der Waals surface area contributed by atoms with Crippen molar-refractivity contribution in [1.29, 1.82) is 0 Å². The summed E-state index contributed by atoms with van der Waals surface area (Å²) in [6.07, 6.45) is 12.6. The highest BCUT2D eigenvalue weighted by molar-refractivity contribution is 5.82. The van der Waals surface area contributed by atoms with Gasteiger partial charge < -0.3 is 15.1 Å². The fourth-order valence-electron chi connectivity index (χ4n) is 10.5. The molecule has 0 aromatic heterocycles. The van der Waals surface area contributed by atoms with Crippen LogP contribution in [0.3, 0.4) is 0 Å². The van der Waals surface area contributed by atoms with E-state index in [4.69, 9.17) is 0 Å². The van der Waals surface area contributed by atoms with Crippen LogP contribution in [0.1, 0.15) is 122 Å². The van der Waals surface area contributed by atoms with E-state index in [1.54, 1.807) is 5.57 Å². The maximum Gasteiger partial charge on any atom is 0.228 e. The number of hydrogen-bond acceptors (Lipinski definition) is 3. The first kappa shape index (κ1) is 26.3. The Morgan fingerprint density at radius 3 is 2.29 bits per heavy atom. The Bertz CT molecular complexity index is 1230. The second-order valence-corrected chi connectivity index (χ2v) is 15.3. The zero-order valence-corrected chi connectivity index (χ0v) is 24.8. The van der Waals surface area contributed by atoms with Gasteiger partial charge in [0, 0.05) is 23.9 Å². The average molecular weight is 520 g/mol. The number of phenols is 2. The molecule has 0 bridgehead atoms. The van der Waals surface area contributed by atoms with Gasteiger partial charge in [0.15, 0.2) is 11.5 Å². The molecule has 1 aromatic carbocycles. The molecule has 6 rings (SSSR count). The highest BCUT2D eigenvalue weighted by atomic mass is 16.3. The molecule has 1 unspecified atom stereocenters. The van der Waals surface area contributed by atoms with E-state index in [9.17, 15) is 15.0 Å². The Hall–Kier alpha value is -1.97. The summed E-state index contributed by atoms with van der Waals surface area (Å²) in [4.78, 5) is 16.0. The molecule has 3 saturated carbocycles. The molecule has 1 aliphatic heterocycles. The van der Waals surface area contributed by atoms with Crippen LogP contribution in [0, 0.1) is 34.5 Å². The summed E-state index contributed by atoms with van der Waals surface area (Å²) in [7, 11) is 0. The zero-order chi connectivity index (χ0) is 27.5. The van der Waals surface area contributed by atoms with E-state index in [0.29, 0.717) is 11.8 Å². The first-order chi connectivity index (χ1) is 17.7. The summed E-state index contributed by atoms with van der Waals surface area (Å²) in [5, 5.41) is 21.2. The van der Waals surface area contributed by atoms with Gasteiger partial charge in [0.2, 0.25) is 5.91 Å². The van der Waals surface area contributed by atoms with Gasteiger partial charge in [0.1, 0.15) is 0 Å². The first-order valence-electron chi connectivity index (χ1n) is 15.3. The summed E-state index contributed by atoms with van der Waals surface area (Å²) < 4.78 is 0. The number of hydrogen-bond donors (Lipinski definition) is 2. The number of aromatic hydroxyl groups is 2. The lowest BCUT2D eigenvalue weighted by atomic mass is 9.34. The molecule has 4 aliphatic carbocycles. The van der Waals surface area contributed by atoms with Crippen LogP contribution >= 0.6 is 0 Å². The van der Waals surface area contributed by atoms with Crippen molar-refractivity contribution >= 4 is 5.91 Å². The van der Waals surface area contributed by atoms with Crippen molar-refractivity contribution < 1.29 is 15.0 Å². The molecule has 1 saturated heterocycles. The molecule has 0 radical (unpaired) electrons. The largest absolute Gasteiger partial charge is 0.504 e. The molecule has 1 aromatic rings. The minimum absolute atomic E-state index is 0.00843. The molecule has 0 spiro atoms. The van der Waals surface area contributed by atoms with Crippen LogP contribution in [0.25, 0.3) is 0 Å². The summed E-state index contributed by atoms with van der Waals surface area (Å²) in [5.74, 6) is 1.16. The van der Waals surface area contributed by atoms with Gasteiger partial charge in [0.25, 0.3) is 0 Å². The Labute approximate surface area is 229 Å². The summed E-state index contributed by atoms with van der Waals surface area (Å²) >= 11 is 0. The standard InChI is InChI=1S/C34H49NO3/c1-21-18-25-32(5,23-19-24(36)28(37)22(2)27(21)23)13-15-34(7)26-20-31(4,29(38)35-16-8-9-17-35)11-10-30(26,3)12-14-33(25,34)6/h18-19,21,26,36-37H,8-17,20H2,1-7H3/t21?,26-,30-,31-,32+,33-,34+/m1/s1. The van der Waals surface area contributed by atoms with E-state index in [1.807, 2.05) is 13.0 Å². The van der Waals surface area contributed by atoms with E-state index in [2.05, 4.69) is 52.5 Å². The molecule has 4 heteroatoms. The Morgan fingerprint density at radius 2 is 1.61 bits per heavy atom. The highest BCUT2D eigenvalue weighted by Crippen LogP contribution is 2.75. The quantitative estimate of drug-likeness (QED) is 0.295. The van der Waals surface area contributed by atoms with Gasteiger partial charge in [-0.15, -0.1) is 0 Å². The van der Waals surface area contributed by atoms with Gasteiger partial charge in [-0.25, -0.2) is 0 Å². The number of fused-ring (bicyclic) bond motifs is 7. The summed E-state index contributed by atoms with van der Waals surface area (Å²) in [6, 6.07) is 1.87. The van der Waals surface area contributed by atoms with Crippen molar-refractivity contribution in [3.63, 3.8) is 0 Å². The second kappa shape index (κ2) is 8.04. The summed E-state index contributed by atoms with van der Waals surface area (Å²) in [5.41, 5.74) is 4.81. The molecule has 5 aliphatic rings. The van der Waals surface area contributed by atoms with Crippen molar-refractivity contribution in [1.82, 2.24) is 4.90 Å². The van der Waals surface area contributed by atoms with Gasteiger partial charge >= 0.3 is 0 Å². The molecule has 38 heavy (non-hydrogen) atoms. The van der Waals surface area contributed by atoms with E-state index in [-0.39, 0.29) is 44.5 Å². The normalized spacial score (nSPS) is 44.0. The Morgan fingerprint density at radius 1 is 0.947 bits per heavy atom. The van der Waals surface area contributed by atoms with Gasteiger partial charge in [-0.3, -0.25) is 4.79 Å². The van der Waals surface area contributed by atoms with Crippen molar-refractivity contribution in [2.45, 2.75) is 118 Å². The fraction of sp³-hybridized carbons (Fsp3) is 0.735. The van der Waals surface area contributed by atoms with Crippen LogP contribution in [-0.4, -0.2) is 34.1 Å². The zero-order valence-electron chi connectivity index (χ0n) is 24.8. The molecule has 4 nitrogen and oxygen atoms in total. The third kappa shape index (κ3) is 3.18. The predicted octanol–water partition coefficient (Wildman–Crippen LogP) is 7.74. The maximum atomic E-state index is 13.9. The molecule has 1 amide bonds. The van der Waals surface area contributed by atoms with E-state index < -0.39 is 0 Å². The van der Waals surface area contributed by atoms with E-state index in [1.165, 1.54) is 24.0 Å². The first-order valence-corrected chi connectivity index (χ1v) is 15.3. The number of nitrogens with zero attached hydrogens (tertiary/aromatic N) is 1. The number of benzene rings is 1. The van der Waals surface area contributed by atoms with Crippen LogP contribution in [-0.2, 0) is 10.2 Å². The lowest BCUT2D eigenvalue weighted by Crippen LogP contribution is -2.63. The number of carbonyl (C=O) groups excluding carboxylic acids is 1. The number of likely N-dealkylation sites (tertiary alicyclic amines) is 1. The molecule has 7 atom stereocenters. The van der Waals surface area contributed by atoms with Gasteiger partial charge in [-0.1, -0.05) is 53.2 Å². The van der Waals surface area contributed by atoms with Crippen molar-refractivity contribution in [3.05, 3.63) is 34.4 Å². The third-order valence-electron chi connectivity index (χ3n) is 13.3. The monoisotopic (exact) mass is 519 g/mol. The summed E-state index contributed by atoms with van der Waals surface area (Å²) in [6.45, 7) is 18.4. The Balaban J connectivity index is 1.43. The van der Waals surface area contributed by atoms with Crippen LogP contribution in [0.2, 0.25) is 0 Å². The maximum absolute atomic E-state index is 13.9.